The summed E-state index contributed by atoms with van der Waals surface area (Å²) in [6.45, 7) is 0. The third-order valence-corrected chi connectivity index (χ3v) is 8.05. The number of rotatable bonds is 12. The number of esters is 2. The van der Waals surface area contributed by atoms with Gasteiger partial charge in [-0.3, -0.25) is 4.79 Å². The first-order valence-electron chi connectivity index (χ1n) is 15.2. The molecule has 1 aliphatic rings. The van der Waals surface area contributed by atoms with E-state index in [1.54, 1.807) is 0 Å². The summed E-state index contributed by atoms with van der Waals surface area (Å²) in [6, 6.07) is 12.9. The lowest BCUT2D eigenvalue weighted by Gasteiger charge is -2.22. The molecule has 0 saturated carbocycles. The molecular weight excluding hydrogens is 688 g/mol. The van der Waals surface area contributed by atoms with Crippen molar-refractivity contribution >= 4 is 30.0 Å². The fraction of sp³-hybridized carbons (Fsp3) is 0.167. The van der Waals surface area contributed by atoms with Crippen LogP contribution in [0.3, 0.4) is 0 Å². The molecule has 0 radical (unpaired) electrons. The van der Waals surface area contributed by atoms with E-state index in [0.29, 0.717) is 0 Å². The molecule has 1 heterocycles. The number of carbonyl (C=O) groups is 4. The van der Waals surface area contributed by atoms with Crippen LogP contribution in [-0.2, 0) is 41.5 Å². The molecule has 4 atom stereocenters. The van der Waals surface area contributed by atoms with Gasteiger partial charge in [-0.15, -0.1) is 0 Å². The summed E-state index contributed by atoms with van der Waals surface area (Å²) in [7, 11) is 0. The standard InChI is InChI=1S/C36H30O16/c37-20-6-1-16(11-24(20)41)3-10-29(44)50-28(35(47)48)15-18-4-9-23(40)33-30(18)31(32(52-33)19-5-8-22(39)26(43)14-19)36(49)51-27(34(45)46)13-17-2-7-21(38)25(42)12-17/h1-12,14,27-28,31-32,37-43H,13,15H2,(H,45,46)(H,47,48). The third-order valence-electron chi connectivity index (χ3n) is 8.05. The lowest BCUT2D eigenvalue weighted by molar-refractivity contribution is -0.166. The first-order valence-corrected chi connectivity index (χ1v) is 15.2. The molecule has 52 heavy (non-hydrogen) atoms. The maximum atomic E-state index is 14.0. The highest BCUT2D eigenvalue weighted by atomic mass is 16.6. The molecule has 0 bridgehead atoms. The Labute approximate surface area is 292 Å². The second-order valence-corrected chi connectivity index (χ2v) is 11.6. The fourth-order valence-corrected chi connectivity index (χ4v) is 5.51. The minimum Gasteiger partial charge on any atom is -0.504 e. The third kappa shape index (κ3) is 7.86. The van der Waals surface area contributed by atoms with Gasteiger partial charge < -0.3 is 60.2 Å². The largest absolute Gasteiger partial charge is 0.504 e. The number of fused-ring (bicyclic) bond motifs is 1. The normalized spacial score (nSPS) is 16.0. The van der Waals surface area contributed by atoms with Gasteiger partial charge in [0.25, 0.3) is 0 Å². The van der Waals surface area contributed by atoms with Crippen molar-refractivity contribution in [3.63, 3.8) is 0 Å². The summed E-state index contributed by atoms with van der Waals surface area (Å²) in [6.07, 6.45) is -4.21. The average molecular weight is 719 g/mol. The number of phenols is 7. The molecule has 0 aromatic heterocycles. The molecule has 0 amide bonds. The zero-order valence-electron chi connectivity index (χ0n) is 26.6. The van der Waals surface area contributed by atoms with E-state index >= 15 is 0 Å². The van der Waals surface area contributed by atoms with Crippen LogP contribution in [-0.4, -0.2) is 82.0 Å². The van der Waals surface area contributed by atoms with Crippen molar-refractivity contribution in [2.24, 2.45) is 0 Å². The predicted molar refractivity (Wildman–Crippen MR) is 175 cm³/mol. The van der Waals surface area contributed by atoms with Crippen LogP contribution in [0.4, 0.5) is 0 Å². The summed E-state index contributed by atoms with van der Waals surface area (Å²) in [5.74, 6) is -11.1. The number of aromatic hydroxyl groups is 7. The zero-order valence-corrected chi connectivity index (χ0v) is 26.6. The van der Waals surface area contributed by atoms with Crippen LogP contribution < -0.4 is 4.74 Å². The molecule has 16 heteroatoms. The van der Waals surface area contributed by atoms with Crippen molar-refractivity contribution in [2.75, 3.05) is 0 Å². The summed E-state index contributed by atoms with van der Waals surface area (Å²) in [5.41, 5.74) is 0.344. The number of carboxylic acids is 2. The van der Waals surface area contributed by atoms with Crippen molar-refractivity contribution < 1.29 is 79.3 Å². The van der Waals surface area contributed by atoms with Crippen LogP contribution in [0.25, 0.3) is 6.08 Å². The van der Waals surface area contributed by atoms with E-state index in [1.807, 2.05) is 0 Å². The van der Waals surface area contributed by atoms with Gasteiger partial charge in [-0.25, -0.2) is 14.4 Å². The van der Waals surface area contributed by atoms with E-state index < -0.39 is 101 Å². The predicted octanol–water partition coefficient (Wildman–Crippen LogP) is 3.33. The number of ether oxygens (including phenoxy) is 3. The Kier molecular flexibility index (Phi) is 10.3. The molecule has 0 fully saturated rings. The summed E-state index contributed by atoms with van der Waals surface area (Å²) >= 11 is 0. The molecule has 16 nitrogen and oxygen atoms in total. The van der Waals surface area contributed by atoms with Crippen LogP contribution in [0.5, 0.6) is 46.0 Å². The highest BCUT2D eigenvalue weighted by molar-refractivity contribution is 5.90. The van der Waals surface area contributed by atoms with Gasteiger partial charge >= 0.3 is 23.9 Å². The first-order chi connectivity index (χ1) is 24.6. The Bertz CT molecular complexity index is 2090. The summed E-state index contributed by atoms with van der Waals surface area (Å²) in [4.78, 5) is 51.2. The van der Waals surface area contributed by atoms with Gasteiger partial charge in [0.1, 0.15) is 12.0 Å². The zero-order chi connectivity index (χ0) is 37.9. The molecule has 4 aromatic carbocycles. The second-order valence-electron chi connectivity index (χ2n) is 11.6. The molecule has 1 aliphatic heterocycles. The van der Waals surface area contributed by atoms with Crippen LogP contribution in [0.1, 0.15) is 39.8 Å². The minimum atomic E-state index is -1.89. The smallest absolute Gasteiger partial charge is 0.345 e. The van der Waals surface area contributed by atoms with E-state index in [2.05, 4.69) is 0 Å². The molecule has 4 aromatic rings. The van der Waals surface area contributed by atoms with Crippen molar-refractivity contribution in [2.45, 2.75) is 37.1 Å². The molecule has 5 rings (SSSR count). The lowest BCUT2D eigenvalue weighted by atomic mass is 9.86. The SMILES string of the molecule is O=C(C=Cc1ccc(O)c(O)c1)OC(Cc1ccc(O)c2c1C(C(=O)OC(Cc1ccc(O)c(O)c1)C(=O)O)C(c1ccc(O)c(O)c1)O2)C(=O)O. The number of hydrogen-bond donors (Lipinski definition) is 9. The molecule has 4 unspecified atom stereocenters. The number of phenolic OH excluding ortho intramolecular Hbond substituents is 7. The topological polar surface area (TPSA) is 278 Å². The van der Waals surface area contributed by atoms with Crippen molar-refractivity contribution in [3.8, 4) is 46.0 Å². The van der Waals surface area contributed by atoms with Gasteiger partial charge in [-0.05, 0) is 70.8 Å². The Morgan fingerprint density at radius 3 is 1.85 bits per heavy atom. The van der Waals surface area contributed by atoms with E-state index in [4.69, 9.17) is 14.2 Å². The van der Waals surface area contributed by atoms with Crippen LogP contribution in [0, 0.1) is 0 Å². The molecule has 0 spiro atoms. The van der Waals surface area contributed by atoms with Crippen LogP contribution >= 0.6 is 0 Å². The molecule has 9 N–H and O–H groups in total. The number of aliphatic carboxylic acids is 2. The van der Waals surface area contributed by atoms with Gasteiger partial charge in [0, 0.05) is 24.5 Å². The van der Waals surface area contributed by atoms with E-state index in [0.717, 1.165) is 42.5 Å². The Morgan fingerprint density at radius 2 is 1.23 bits per heavy atom. The number of carbonyl (C=O) groups excluding carboxylic acids is 2. The lowest BCUT2D eigenvalue weighted by Crippen LogP contribution is -2.33. The van der Waals surface area contributed by atoms with E-state index in [-0.39, 0.29) is 33.6 Å². The van der Waals surface area contributed by atoms with Crippen LogP contribution in [0.2, 0.25) is 0 Å². The minimum absolute atomic E-state index is 0.00298. The Morgan fingerprint density at radius 1 is 0.654 bits per heavy atom. The van der Waals surface area contributed by atoms with Crippen molar-refractivity contribution in [1.82, 2.24) is 0 Å². The second kappa shape index (κ2) is 14.8. The number of hydrogen-bond acceptors (Lipinski definition) is 14. The van der Waals surface area contributed by atoms with Gasteiger partial charge in [0.15, 0.2) is 46.0 Å². The van der Waals surface area contributed by atoms with Gasteiger partial charge in [0.05, 0.1) is 0 Å². The summed E-state index contributed by atoms with van der Waals surface area (Å²) < 4.78 is 16.6. The fourth-order valence-electron chi connectivity index (χ4n) is 5.51. The molecule has 270 valence electrons. The van der Waals surface area contributed by atoms with E-state index in [9.17, 15) is 65.1 Å². The van der Waals surface area contributed by atoms with Crippen molar-refractivity contribution in [3.05, 3.63) is 101 Å². The van der Waals surface area contributed by atoms with Crippen LogP contribution in [0.15, 0.2) is 72.8 Å². The maximum absolute atomic E-state index is 14.0. The molecular formula is C36H30O16. The van der Waals surface area contributed by atoms with Crippen molar-refractivity contribution in [1.29, 1.82) is 0 Å². The average Bonchev–Trinajstić information content (AvgIpc) is 3.50. The number of benzene rings is 4. The van der Waals surface area contributed by atoms with E-state index in [1.165, 1.54) is 36.4 Å². The maximum Gasteiger partial charge on any atom is 0.345 e. The molecule has 0 saturated heterocycles. The summed E-state index contributed by atoms with van der Waals surface area (Å²) in [5, 5.41) is 89.4. The Balaban J connectivity index is 1.49. The Hall–Kier alpha value is -7.10. The van der Waals surface area contributed by atoms with Gasteiger partial charge in [-0.2, -0.15) is 0 Å². The highest BCUT2D eigenvalue weighted by Gasteiger charge is 2.46. The quantitative estimate of drug-likeness (QED) is 0.0577. The van der Waals surface area contributed by atoms with Gasteiger partial charge in [0.2, 0.25) is 12.2 Å². The first kappa shape index (κ1) is 36.2. The van der Waals surface area contributed by atoms with Gasteiger partial charge in [-0.1, -0.05) is 24.3 Å². The highest BCUT2D eigenvalue weighted by Crippen LogP contribution is 2.53. The monoisotopic (exact) mass is 718 g/mol. The number of carboxylic acid groups (broad SMARTS) is 2. The molecule has 0 aliphatic carbocycles.